The Kier molecular flexibility index (Phi) is 4.09. The van der Waals surface area contributed by atoms with Gasteiger partial charge in [0.15, 0.2) is 0 Å². The van der Waals surface area contributed by atoms with E-state index in [-0.39, 0.29) is 0 Å². The van der Waals surface area contributed by atoms with Gasteiger partial charge < -0.3 is 0 Å². The summed E-state index contributed by atoms with van der Waals surface area (Å²) in [6.45, 7) is 5.56. The largest absolute Gasteiger partial charge is 0.298 e. The summed E-state index contributed by atoms with van der Waals surface area (Å²) >= 11 is 1.54. The first-order chi connectivity index (χ1) is 7.81. The molecular weight excluding hydrogens is 222 g/mol. The number of nitrogens with two attached hydrogens (primary N) is 1. The highest BCUT2D eigenvalue weighted by atomic mass is 32.1. The van der Waals surface area contributed by atoms with Gasteiger partial charge in [0.25, 0.3) is 0 Å². The Morgan fingerprint density at radius 2 is 2.44 bits per heavy atom. The van der Waals surface area contributed by atoms with Crippen molar-refractivity contribution in [3.05, 3.63) is 5.01 Å². The van der Waals surface area contributed by atoms with Gasteiger partial charge in [-0.1, -0.05) is 24.7 Å². The van der Waals surface area contributed by atoms with E-state index in [0.29, 0.717) is 5.13 Å². The molecule has 3 N–H and O–H groups in total. The molecule has 0 spiro atoms. The van der Waals surface area contributed by atoms with Crippen molar-refractivity contribution in [2.24, 2.45) is 11.8 Å². The minimum atomic E-state index is 0.694. The molecule has 1 aromatic rings. The number of piperidine rings is 1. The summed E-state index contributed by atoms with van der Waals surface area (Å²) in [7, 11) is 0. The second-order valence-corrected chi connectivity index (χ2v) is 5.36. The number of nitrogens with one attached hydrogen (secondary N) is 1. The van der Waals surface area contributed by atoms with Crippen molar-refractivity contribution >= 4 is 16.5 Å². The second kappa shape index (κ2) is 5.56. The molecule has 90 valence electrons. The fourth-order valence-corrected chi connectivity index (χ4v) is 2.89. The highest BCUT2D eigenvalue weighted by molar-refractivity contribution is 7.15. The summed E-state index contributed by atoms with van der Waals surface area (Å²) in [5, 5.41) is 9.80. The average molecular weight is 241 g/mol. The third kappa shape index (κ3) is 2.90. The van der Waals surface area contributed by atoms with Gasteiger partial charge in [0, 0.05) is 6.54 Å². The molecule has 1 saturated heterocycles. The highest BCUT2D eigenvalue weighted by Crippen LogP contribution is 2.22. The lowest BCUT2D eigenvalue weighted by Gasteiger charge is -2.31. The van der Waals surface area contributed by atoms with Crippen LogP contribution in [-0.2, 0) is 6.54 Å². The molecule has 1 atom stereocenters. The van der Waals surface area contributed by atoms with Crippen LogP contribution in [0, 0.1) is 5.92 Å². The predicted octanol–water partition coefficient (Wildman–Crippen LogP) is 1.45. The monoisotopic (exact) mass is 241 g/mol. The van der Waals surface area contributed by atoms with E-state index >= 15 is 0 Å². The van der Waals surface area contributed by atoms with E-state index in [9.17, 15) is 0 Å². The molecule has 0 aliphatic carbocycles. The molecule has 0 amide bonds. The topological polar surface area (TPSA) is 67.1 Å². The van der Waals surface area contributed by atoms with Crippen molar-refractivity contribution in [3.63, 3.8) is 0 Å². The Morgan fingerprint density at radius 1 is 1.56 bits per heavy atom. The first-order valence-electron chi connectivity index (χ1n) is 5.83. The molecule has 1 aliphatic rings. The van der Waals surface area contributed by atoms with Gasteiger partial charge in [0.2, 0.25) is 5.13 Å². The van der Waals surface area contributed by atoms with Gasteiger partial charge in [-0.3, -0.25) is 10.3 Å². The Labute approximate surface area is 100 Å². The maximum atomic E-state index is 5.28. The van der Waals surface area contributed by atoms with E-state index in [1.54, 1.807) is 0 Å². The van der Waals surface area contributed by atoms with Crippen LogP contribution < -0.4 is 11.3 Å². The lowest BCUT2D eigenvalue weighted by Crippen LogP contribution is -2.34. The summed E-state index contributed by atoms with van der Waals surface area (Å²) in [6, 6.07) is 0. The zero-order chi connectivity index (χ0) is 11.4. The summed E-state index contributed by atoms with van der Waals surface area (Å²) in [5.41, 5.74) is 2.53. The molecule has 2 rings (SSSR count). The van der Waals surface area contributed by atoms with Crippen LogP contribution >= 0.6 is 11.3 Å². The zero-order valence-corrected chi connectivity index (χ0v) is 10.5. The Hall–Kier alpha value is -0.720. The average Bonchev–Trinajstić information content (AvgIpc) is 2.77. The maximum Gasteiger partial charge on any atom is 0.219 e. The molecule has 0 bridgehead atoms. The van der Waals surface area contributed by atoms with Crippen LogP contribution in [0.3, 0.4) is 0 Å². The van der Waals surface area contributed by atoms with Crippen LogP contribution in [0.1, 0.15) is 31.2 Å². The van der Waals surface area contributed by atoms with E-state index in [1.807, 2.05) is 0 Å². The molecular formula is C10H19N5S. The SMILES string of the molecule is CCC1CCCN(Cc2nnc(NN)s2)C1. The Bertz CT molecular complexity index is 327. The molecule has 1 fully saturated rings. The lowest BCUT2D eigenvalue weighted by atomic mass is 9.96. The van der Waals surface area contributed by atoms with Gasteiger partial charge in [0.1, 0.15) is 5.01 Å². The molecule has 5 nitrogen and oxygen atoms in total. The van der Waals surface area contributed by atoms with Gasteiger partial charge in [-0.25, -0.2) is 5.84 Å². The van der Waals surface area contributed by atoms with Crippen LogP contribution in [0.25, 0.3) is 0 Å². The van der Waals surface area contributed by atoms with Crippen molar-refractivity contribution in [2.45, 2.75) is 32.7 Å². The first-order valence-corrected chi connectivity index (χ1v) is 6.64. The van der Waals surface area contributed by atoms with Crippen LogP contribution in [-0.4, -0.2) is 28.2 Å². The molecule has 0 saturated carbocycles. The normalized spacial score (nSPS) is 22.2. The Morgan fingerprint density at radius 3 is 3.12 bits per heavy atom. The number of nitrogen functional groups attached to an aromatic ring is 1. The van der Waals surface area contributed by atoms with E-state index < -0.39 is 0 Å². The number of hydrogen-bond acceptors (Lipinski definition) is 6. The van der Waals surface area contributed by atoms with Crippen LogP contribution in [0.2, 0.25) is 0 Å². The van der Waals surface area contributed by atoms with Gasteiger partial charge in [0.05, 0.1) is 6.54 Å². The lowest BCUT2D eigenvalue weighted by molar-refractivity contribution is 0.164. The minimum Gasteiger partial charge on any atom is -0.298 e. The van der Waals surface area contributed by atoms with Gasteiger partial charge in [-0.05, 0) is 25.3 Å². The number of nitrogens with zero attached hydrogens (tertiary/aromatic N) is 3. The van der Waals surface area contributed by atoms with Gasteiger partial charge in [-0.2, -0.15) is 0 Å². The van der Waals surface area contributed by atoms with Gasteiger partial charge >= 0.3 is 0 Å². The highest BCUT2D eigenvalue weighted by Gasteiger charge is 2.19. The summed E-state index contributed by atoms with van der Waals surface area (Å²) < 4.78 is 0. The number of likely N-dealkylation sites (tertiary alicyclic amines) is 1. The first kappa shape index (κ1) is 11.8. The maximum absolute atomic E-state index is 5.28. The molecule has 1 aromatic heterocycles. The summed E-state index contributed by atoms with van der Waals surface area (Å²) in [6.07, 6.45) is 3.96. The standard InChI is InChI=1S/C10H19N5S/c1-2-8-4-3-5-15(6-8)7-9-13-14-10(12-11)16-9/h8H,2-7,11H2,1H3,(H,12,14). The van der Waals surface area contributed by atoms with E-state index in [1.165, 1.54) is 43.7 Å². The smallest absolute Gasteiger partial charge is 0.219 e. The van der Waals surface area contributed by atoms with Crippen LogP contribution in [0.15, 0.2) is 0 Å². The zero-order valence-electron chi connectivity index (χ0n) is 9.65. The molecule has 2 heterocycles. The minimum absolute atomic E-state index is 0.694. The fourth-order valence-electron chi connectivity index (χ4n) is 2.20. The molecule has 1 aliphatic heterocycles. The van der Waals surface area contributed by atoms with E-state index in [2.05, 4.69) is 27.4 Å². The van der Waals surface area contributed by atoms with E-state index in [0.717, 1.165) is 17.5 Å². The quantitative estimate of drug-likeness (QED) is 0.617. The van der Waals surface area contributed by atoms with Crippen LogP contribution in [0.4, 0.5) is 5.13 Å². The van der Waals surface area contributed by atoms with Crippen molar-refractivity contribution in [1.82, 2.24) is 15.1 Å². The predicted molar refractivity (Wildman–Crippen MR) is 66.0 cm³/mol. The molecule has 6 heteroatoms. The van der Waals surface area contributed by atoms with Crippen LogP contribution in [0.5, 0.6) is 0 Å². The number of rotatable bonds is 4. The van der Waals surface area contributed by atoms with Gasteiger partial charge in [-0.15, -0.1) is 10.2 Å². The number of anilines is 1. The van der Waals surface area contributed by atoms with Crippen molar-refractivity contribution in [3.8, 4) is 0 Å². The van der Waals surface area contributed by atoms with E-state index in [4.69, 9.17) is 5.84 Å². The molecule has 0 radical (unpaired) electrons. The number of hydrogen-bond donors (Lipinski definition) is 2. The second-order valence-electron chi connectivity index (χ2n) is 4.30. The summed E-state index contributed by atoms with van der Waals surface area (Å²) in [5.74, 6) is 6.14. The summed E-state index contributed by atoms with van der Waals surface area (Å²) in [4.78, 5) is 2.47. The number of hydrazine groups is 1. The number of aromatic nitrogens is 2. The third-order valence-corrected chi connectivity index (χ3v) is 3.97. The molecule has 16 heavy (non-hydrogen) atoms. The molecule has 0 aromatic carbocycles. The van der Waals surface area contributed by atoms with Crippen molar-refractivity contribution in [1.29, 1.82) is 0 Å². The fraction of sp³-hybridized carbons (Fsp3) is 0.800. The Balaban J connectivity index is 1.88. The van der Waals surface area contributed by atoms with Crippen molar-refractivity contribution < 1.29 is 0 Å². The molecule has 1 unspecified atom stereocenters. The van der Waals surface area contributed by atoms with Crippen molar-refractivity contribution in [2.75, 3.05) is 18.5 Å². The third-order valence-electron chi connectivity index (χ3n) is 3.13.